The fraction of sp³-hybridized carbons (Fsp3) is 0.462. The van der Waals surface area contributed by atoms with Crippen LogP contribution in [0.2, 0.25) is 0 Å². The molecule has 1 unspecified atom stereocenters. The van der Waals surface area contributed by atoms with Gasteiger partial charge < -0.3 is 16.2 Å². The maximum absolute atomic E-state index is 11.9. The second kappa shape index (κ2) is 6.25. The van der Waals surface area contributed by atoms with Crippen LogP contribution in [0.3, 0.4) is 0 Å². The van der Waals surface area contributed by atoms with E-state index in [2.05, 4.69) is 5.32 Å². The molecule has 17 heavy (non-hydrogen) atoms. The molecule has 0 saturated carbocycles. The smallest absolute Gasteiger partial charge is 0.251 e. The first kappa shape index (κ1) is 13.5. The Labute approximate surface area is 102 Å². The SMILES string of the molecule is Cc1cc(C(=O)NC(C)CCCN)ccc1O. The van der Waals surface area contributed by atoms with Gasteiger partial charge in [-0.3, -0.25) is 4.79 Å². The molecular weight excluding hydrogens is 216 g/mol. The van der Waals surface area contributed by atoms with E-state index in [0.29, 0.717) is 17.7 Å². The number of phenolic OH excluding ortho intramolecular Hbond substituents is 1. The van der Waals surface area contributed by atoms with Gasteiger partial charge in [-0.15, -0.1) is 0 Å². The normalized spacial score (nSPS) is 12.2. The van der Waals surface area contributed by atoms with Crippen LogP contribution in [0.15, 0.2) is 18.2 Å². The van der Waals surface area contributed by atoms with Gasteiger partial charge in [-0.2, -0.15) is 0 Å². The van der Waals surface area contributed by atoms with Gasteiger partial charge in [0.05, 0.1) is 0 Å². The number of hydrogen-bond acceptors (Lipinski definition) is 3. The second-order valence-corrected chi connectivity index (χ2v) is 4.31. The van der Waals surface area contributed by atoms with Crippen molar-refractivity contribution in [2.45, 2.75) is 32.7 Å². The Morgan fingerprint density at radius 1 is 1.53 bits per heavy atom. The topological polar surface area (TPSA) is 75.4 Å². The summed E-state index contributed by atoms with van der Waals surface area (Å²) in [7, 11) is 0. The fourth-order valence-electron chi connectivity index (χ4n) is 1.60. The van der Waals surface area contributed by atoms with Crippen LogP contribution in [0.1, 0.15) is 35.7 Å². The van der Waals surface area contributed by atoms with Gasteiger partial charge >= 0.3 is 0 Å². The molecule has 0 spiro atoms. The second-order valence-electron chi connectivity index (χ2n) is 4.31. The van der Waals surface area contributed by atoms with Gasteiger partial charge in [0.15, 0.2) is 0 Å². The van der Waals surface area contributed by atoms with Crippen molar-refractivity contribution in [3.63, 3.8) is 0 Å². The van der Waals surface area contributed by atoms with Crippen molar-refractivity contribution in [2.24, 2.45) is 5.73 Å². The zero-order valence-electron chi connectivity index (χ0n) is 10.4. The maximum Gasteiger partial charge on any atom is 0.251 e. The van der Waals surface area contributed by atoms with E-state index in [4.69, 9.17) is 5.73 Å². The molecule has 4 N–H and O–H groups in total. The molecule has 1 atom stereocenters. The van der Waals surface area contributed by atoms with Crippen molar-refractivity contribution >= 4 is 5.91 Å². The molecule has 0 bridgehead atoms. The van der Waals surface area contributed by atoms with Gasteiger partial charge in [0, 0.05) is 11.6 Å². The summed E-state index contributed by atoms with van der Waals surface area (Å²) in [5.41, 5.74) is 6.69. The van der Waals surface area contributed by atoms with E-state index < -0.39 is 0 Å². The fourth-order valence-corrected chi connectivity index (χ4v) is 1.60. The summed E-state index contributed by atoms with van der Waals surface area (Å²) < 4.78 is 0. The largest absolute Gasteiger partial charge is 0.508 e. The molecule has 0 fully saturated rings. The molecule has 1 rings (SSSR count). The highest BCUT2D eigenvalue weighted by molar-refractivity contribution is 5.94. The third-order valence-corrected chi connectivity index (χ3v) is 2.68. The van der Waals surface area contributed by atoms with E-state index in [9.17, 15) is 9.90 Å². The quantitative estimate of drug-likeness (QED) is 0.726. The monoisotopic (exact) mass is 236 g/mol. The number of hydrogen-bond donors (Lipinski definition) is 3. The predicted molar refractivity (Wildman–Crippen MR) is 68.1 cm³/mol. The van der Waals surface area contributed by atoms with Crippen molar-refractivity contribution in [3.05, 3.63) is 29.3 Å². The van der Waals surface area contributed by atoms with Crippen molar-refractivity contribution in [1.82, 2.24) is 5.32 Å². The number of nitrogens with one attached hydrogen (secondary N) is 1. The highest BCUT2D eigenvalue weighted by Gasteiger charge is 2.10. The number of carbonyl (C=O) groups excluding carboxylic acids is 1. The molecule has 0 radical (unpaired) electrons. The zero-order chi connectivity index (χ0) is 12.8. The number of benzene rings is 1. The number of aryl methyl sites for hydroxylation is 1. The van der Waals surface area contributed by atoms with Gasteiger partial charge in [-0.25, -0.2) is 0 Å². The molecule has 1 amide bonds. The van der Waals surface area contributed by atoms with Crippen molar-refractivity contribution in [3.8, 4) is 5.75 Å². The average molecular weight is 236 g/mol. The van der Waals surface area contributed by atoms with Crippen LogP contribution >= 0.6 is 0 Å². The molecule has 0 aliphatic rings. The summed E-state index contributed by atoms with van der Waals surface area (Å²) in [4.78, 5) is 11.9. The summed E-state index contributed by atoms with van der Waals surface area (Å²) in [6.45, 7) is 4.36. The molecule has 4 nitrogen and oxygen atoms in total. The Balaban J connectivity index is 2.60. The Morgan fingerprint density at radius 3 is 2.82 bits per heavy atom. The van der Waals surface area contributed by atoms with Crippen molar-refractivity contribution < 1.29 is 9.90 Å². The maximum atomic E-state index is 11.9. The van der Waals surface area contributed by atoms with Crippen LogP contribution < -0.4 is 11.1 Å². The Kier molecular flexibility index (Phi) is 4.97. The Morgan fingerprint density at radius 2 is 2.24 bits per heavy atom. The summed E-state index contributed by atoms with van der Waals surface area (Å²) in [6, 6.07) is 4.95. The summed E-state index contributed by atoms with van der Waals surface area (Å²) in [5.74, 6) is 0.0929. The molecule has 0 aliphatic heterocycles. The lowest BCUT2D eigenvalue weighted by molar-refractivity contribution is 0.0938. The third kappa shape index (κ3) is 4.07. The molecule has 94 valence electrons. The minimum atomic E-state index is -0.113. The Hall–Kier alpha value is -1.55. The first-order chi connectivity index (χ1) is 8.04. The minimum absolute atomic E-state index is 0.111. The number of carbonyl (C=O) groups is 1. The zero-order valence-corrected chi connectivity index (χ0v) is 10.4. The van der Waals surface area contributed by atoms with E-state index in [1.54, 1.807) is 19.1 Å². The van der Waals surface area contributed by atoms with Gasteiger partial charge in [0.25, 0.3) is 5.91 Å². The van der Waals surface area contributed by atoms with Gasteiger partial charge in [0.1, 0.15) is 5.75 Å². The molecular formula is C13H20N2O2. The van der Waals surface area contributed by atoms with Crippen LogP contribution in [0.25, 0.3) is 0 Å². The molecule has 0 aliphatic carbocycles. The van der Waals surface area contributed by atoms with Crippen LogP contribution in [-0.4, -0.2) is 23.6 Å². The lowest BCUT2D eigenvalue weighted by Gasteiger charge is -2.13. The van der Waals surface area contributed by atoms with Crippen LogP contribution in [0.4, 0.5) is 0 Å². The minimum Gasteiger partial charge on any atom is -0.508 e. The van der Waals surface area contributed by atoms with E-state index >= 15 is 0 Å². The van der Waals surface area contributed by atoms with Crippen molar-refractivity contribution in [2.75, 3.05) is 6.54 Å². The first-order valence-corrected chi connectivity index (χ1v) is 5.85. The number of nitrogens with two attached hydrogens (primary N) is 1. The predicted octanol–water partition coefficient (Wildman–Crippen LogP) is 1.56. The third-order valence-electron chi connectivity index (χ3n) is 2.68. The van der Waals surface area contributed by atoms with Crippen LogP contribution in [0.5, 0.6) is 5.75 Å². The molecule has 4 heteroatoms. The van der Waals surface area contributed by atoms with Gasteiger partial charge in [0.2, 0.25) is 0 Å². The lowest BCUT2D eigenvalue weighted by atomic mass is 10.1. The average Bonchev–Trinajstić information content (AvgIpc) is 2.30. The molecule has 1 aromatic carbocycles. The highest BCUT2D eigenvalue weighted by Crippen LogP contribution is 2.16. The van der Waals surface area contributed by atoms with Crippen molar-refractivity contribution in [1.29, 1.82) is 0 Å². The first-order valence-electron chi connectivity index (χ1n) is 5.85. The highest BCUT2D eigenvalue weighted by atomic mass is 16.3. The van der Waals surface area contributed by atoms with E-state index in [1.165, 1.54) is 6.07 Å². The number of rotatable bonds is 5. The van der Waals surface area contributed by atoms with Gasteiger partial charge in [-0.05, 0) is 57.0 Å². The summed E-state index contributed by atoms with van der Waals surface area (Å²) in [5, 5.41) is 12.3. The van der Waals surface area contributed by atoms with Gasteiger partial charge in [-0.1, -0.05) is 0 Å². The van der Waals surface area contributed by atoms with E-state index in [0.717, 1.165) is 12.8 Å². The van der Waals surface area contributed by atoms with E-state index in [1.807, 2.05) is 6.92 Å². The molecule has 1 aromatic rings. The molecule has 0 saturated heterocycles. The van der Waals surface area contributed by atoms with Crippen LogP contribution in [-0.2, 0) is 0 Å². The molecule has 0 aromatic heterocycles. The summed E-state index contributed by atoms with van der Waals surface area (Å²) in [6.07, 6.45) is 1.77. The number of amides is 1. The van der Waals surface area contributed by atoms with E-state index in [-0.39, 0.29) is 17.7 Å². The Bertz CT molecular complexity index is 391. The standard InChI is InChI=1S/C13H20N2O2/c1-9-8-11(5-6-12(9)16)13(17)15-10(2)4-3-7-14/h5-6,8,10,16H,3-4,7,14H2,1-2H3,(H,15,17). The lowest BCUT2D eigenvalue weighted by Crippen LogP contribution is -2.32. The number of aromatic hydroxyl groups is 1. The summed E-state index contributed by atoms with van der Waals surface area (Å²) >= 11 is 0. The molecule has 0 heterocycles. The van der Waals surface area contributed by atoms with Crippen LogP contribution in [0, 0.1) is 6.92 Å². The number of phenols is 1.